The number of piperidine rings is 3. The van der Waals surface area contributed by atoms with Crippen molar-refractivity contribution in [2.45, 2.75) is 25.8 Å². The lowest BCUT2D eigenvalue weighted by atomic mass is 9.84. The Hall–Kier alpha value is -2.13. The van der Waals surface area contributed by atoms with Crippen LogP contribution < -0.4 is 5.32 Å². The first kappa shape index (κ1) is 15.4. The summed E-state index contributed by atoms with van der Waals surface area (Å²) in [6.45, 7) is 5.45. The highest BCUT2D eigenvalue weighted by atomic mass is 16.1. The van der Waals surface area contributed by atoms with Crippen molar-refractivity contribution in [1.82, 2.24) is 10.2 Å². The Morgan fingerprint density at radius 1 is 1.04 bits per heavy atom. The molecule has 24 heavy (non-hydrogen) atoms. The number of hydrogen-bond donors (Lipinski definition) is 1. The molecule has 3 heterocycles. The third-order valence-electron chi connectivity index (χ3n) is 5.64. The molecule has 0 aromatic heterocycles. The van der Waals surface area contributed by atoms with Gasteiger partial charge in [-0.2, -0.15) is 0 Å². The quantitative estimate of drug-likeness (QED) is 0.939. The predicted octanol–water partition coefficient (Wildman–Crippen LogP) is 3.49. The van der Waals surface area contributed by atoms with Gasteiger partial charge in [0.25, 0.3) is 5.91 Å². The summed E-state index contributed by atoms with van der Waals surface area (Å²) in [4.78, 5) is 15.3. The normalized spacial score (nSPS) is 25.5. The van der Waals surface area contributed by atoms with E-state index in [0.29, 0.717) is 12.0 Å². The molecule has 1 amide bonds. The number of rotatable bonds is 3. The zero-order valence-corrected chi connectivity index (χ0v) is 14.2. The van der Waals surface area contributed by atoms with Crippen molar-refractivity contribution >= 4 is 5.91 Å². The molecule has 3 nitrogen and oxygen atoms in total. The van der Waals surface area contributed by atoms with E-state index in [1.165, 1.54) is 25.9 Å². The molecule has 2 bridgehead atoms. The van der Waals surface area contributed by atoms with E-state index in [4.69, 9.17) is 0 Å². The molecule has 3 aliphatic rings. The van der Waals surface area contributed by atoms with E-state index in [1.807, 2.05) is 37.3 Å². The van der Waals surface area contributed by atoms with E-state index >= 15 is 0 Å². The van der Waals surface area contributed by atoms with E-state index in [0.717, 1.165) is 28.8 Å². The molecule has 124 valence electrons. The molecule has 0 radical (unpaired) electrons. The van der Waals surface area contributed by atoms with Crippen LogP contribution in [0.2, 0.25) is 0 Å². The zero-order valence-electron chi connectivity index (χ0n) is 14.2. The summed E-state index contributed by atoms with van der Waals surface area (Å²) in [6, 6.07) is 16.6. The Morgan fingerprint density at radius 3 is 2.46 bits per heavy atom. The minimum absolute atomic E-state index is 0.0732. The highest BCUT2D eigenvalue weighted by Crippen LogP contribution is 2.29. The van der Waals surface area contributed by atoms with Gasteiger partial charge in [-0.3, -0.25) is 4.79 Å². The maximum absolute atomic E-state index is 12.9. The Bertz CT molecular complexity index is 733. The van der Waals surface area contributed by atoms with Crippen molar-refractivity contribution in [3.8, 4) is 11.1 Å². The van der Waals surface area contributed by atoms with Gasteiger partial charge in [0, 0.05) is 18.2 Å². The van der Waals surface area contributed by atoms with Crippen LogP contribution in [0.25, 0.3) is 11.1 Å². The summed E-state index contributed by atoms with van der Waals surface area (Å²) in [6.07, 6.45) is 2.43. The van der Waals surface area contributed by atoms with Crippen molar-refractivity contribution in [3.05, 3.63) is 59.7 Å². The van der Waals surface area contributed by atoms with Crippen LogP contribution in [0, 0.1) is 12.8 Å². The lowest BCUT2D eigenvalue weighted by Crippen LogP contribution is -2.57. The summed E-state index contributed by atoms with van der Waals surface area (Å²) < 4.78 is 0. The van der Waals surface area contributed by atoms with Gasteiger partial charge in [0.15, 0.2) is 0 Å². The number of carbonyl (C=O) groups is 1. The fraction of sp³-hybridized carbons (Fsp3) is 0.381. The van der Waals surface area contributed by atoms with Crippen LogP contribution in [-0.2, 0) is 0 Å². The fourth-order valence-electron chi connectivity index (χ4n) is 4.19. The third-order valence-corrected chi connectivity index (χ3v) is 5.64. The molecule has 2 aromatic rings. The molecule has 2 aromatic carbocycles. The van der Waals surface area contributed by atoms with Crippen LogP contribution in [-0.4, -0.2) is 36.5 Å². The SMILES string of the molecule is Cc1c(C(=O)NC2CN3CCC2CC3)cccc1-c1ccccc1. The van der Waals surface area contributed by atoms with Crippen LogP contribution in [0.1, 0.15) is 28.8 Å². The van der Waals surface area contributed by atoms with Gasteiger partial charge in [-0.1, -0.05) is 42.5 Å². The van der Waals surface area contributed by atoms with Crippen LogP contribution in [0.5, 0.6) is 0 Å². The van der Waals surface area contributed by atoms with Gasteiger partial charge in [-0.05, 0) is 61.5 Å². The van der Waals surface area contributed by atoms with Crippen molar-refractivity contribution < 1.29 is 4.79 Å². The van der Waals surface area contributed by atoms with Crippen LogP contribution in [0.15, 0.2) is 48.5 Å². The van der Waals surface area contributed by atoms with E-state index in [1.54, 1.807) is 0 Å². The lowest BCUT2D eigenvalue weighted by Gasteiger charge is -2.45. The molecule has 3 fully saturated rings. The summed E-state index contributed by atoms with van der Waals surface area (Å²) >= 11 is 0. The Balaban J connectivity index is 1.57. The van der Waals surface area contributed by atoms with Gasteiger partial charge in [-0.25, -0.2) is 0 Å². The molecule has 3 aliphatic heterocycles. The second-order valence-corrected chi connectivity index (χ2v) is 7.06. The first-order valence-electron chi connectivity index (χ1n) is 8.90. The molecule has 0 spiro atoms. The fourth-order valence-corrected chi connectivity index (χ4v) is 4.19. The Morgan fingerprint density at radius 2 is 1.79 bits per heavy atom. The monoisotopic (exact) mass is 320 g/mol. The standard InChI is InChI=1S/C21H24N2O/c1-15-18(16-6-3-2-4-7-16)8-5-9-19(15)21(24)22-20-14-23-12-10-17(20)11-13-23/h2-9,17,20H,10-14H2,1H3,(H,22,24). The molecule has 0 saturated carbocycles. The van der Waals surface area contributed by atoms with Crippen molar-refractivity contribution in [2.75, 3.05) is 19.6 Å². The largest absolute Gasteiger partial charge is 0.348 e. The molecule has 1 N–H and O–H groups in total. The number of nitrogens with one attached hydrogen (secondary N) is 1. The van der Waals surface area contributed by atoms with E-state index < -0.39 is 0 Å². The Labute approximate surface area is 143 Å². The molecule has 3 heteroatoms. The van der Waals surface area contributed by atoms with E-state index in [2.05, 4.69) is 28.4 Å². The van der Waals surface area contributed by atoms with Gasteiger partial charge in [0.1, 0.15) is 0 Å². The van der Waals surface area contributed by atoms with Crippen molar-refractivity contribution in [2.24, 2.45) is 5.92 Å². The van der Waals surface area contributed by atoms with Crippen molar-refractivity contribution in [1.29, 1.82) is 0 Å². The second-order valence-electron chi connectivity index (χ2n) is 7.06. The third kappa shape index (κ3) is 2.84. The van der Waals surface area contributed by atoms with Crippen LogP contribution in [0.4, 0.5) is 0 Å². The molecule has 5 rings (SSSR count). The lowest BCUT2D eigenvalue weighted by molar-refractivity contribution is 0.0620. The number of fused-ring (bicyclic) bond motifs is 3. The maximum Gasteiger partial charge on any atom is 0.251 e. The predicted molar refractivity (Wildman–Crippen MR) is 97.0 cm³/mol. The van der Waals surface area contributed by atoms with Gasteiger partial charge >= 0.3 is 0 Å². The molecule has 1 unspecified atom stereocenters. The van der Waals surface area contributed by atoms with Gasteiger partial charge in [0.05, 0.1) is 0 Å². The smallest absolute Gasteiger partial charge is 0.251 e. The van der Waals surface area contributed by atoms with E-state index in [9.17, 15) is 4.79 Å². The average Bonchev–Trinajstić information content (AvgIpc) is 2.63. The minimum Gasteiger partial charge on any atom is -0.348 e. The topological polar surface area (TPSA) is 32.3 Å². The molecule has 0 aliphatic carbocycles. The molecular weight excluding hydrogens is 296 g/mol. The number of benzene rings is 2. The first-order chi connectivity index (χ1) is 11.7. The number of nitrogens with zero attached hydrogens (tertiary/aromatic N) is 1. The van der Waals surface area contributed by atoms with Gasteiger partial charge in [0.2, 0.25) is 0 Å². The molecular formula is C21H24N2O. The molecule has 1 atom stereocenters. The second kappa shape index (κ2) is 6.40. The van der Waals surface area contributed by atoms with Crippen LogP contribution >= 0.6 is 0 Å². The van der Waals surface area contributed by atoms with Gasteiger partial charge < -0.3 is 10.2 Å². The highest BCUT2D eigenvalue weighted by Gasteiger charge is 2.35. The highest BCUT2D eigenvalue weighted by molar-refractivity contribution is 5.97. The number of amides is 1. The summed E-state index contributed by atoms with van der Waals surface area (Å²) in [5, 5.41) is 3.31. The van der Waals surface area contributed by atoms with Crippen molar-refractivity contribution in [3.63, 3.8) is 0 Å². The molecule has 3 saturated heterocycles. The average molecular weight is 320 g/mol. The van der Waals surface area contributed by atoms with E-state index in [-0.39, 0.29) is 5.91 Å². The zero-order chi connectivity index (χ0) is 16.5. The first-order valence-corrected chi connectivity index (χ1v) is 8.90. The van der Waals surface area contributed by atoms with Gasteiger partial charge in [-0.15, -0.1) is 0 Å². The number of hydrogen-bond acceptors (Lipinski definition) is 2. The summed E-state index contributed by atoms with van der Waals surface area (Å²) in [5.41, 5.74) is 4.15. The Kier molecular flexibility index (Phi) is 4.11. The van der Waals surface area contributed by atoms with Crippen LogP contribution in [0.3, 0.4) is 0 Å². The summed E-state index contributed by atoms with van der Waals surface area (Å²) in [5.74, 6) is 0.723. The number of carbonyl (C=O) groups excluding carboxylic acids is 1. The maximum atomic E-state index is 12.9. The summed E-state index contributed by atoms with van der Waals surface area (Å²) in [7, 11) is 0. The minimum atomic E-state index is 0.0732.